The normalized spacial score (nSPS) is 21.9. The maximum Gasteiger partial charge on any atom is 0.232 e. The summed E-state index contributed by atoms with van der Waals surface area (Å²) >= 11 is 0. The van der Waals surface area contributed by atoms with Crippen molar-refractivity contribution in [1.82, 2.24) is 9.80 Å². The van der Waals surface area contributed by atoms with Gasteiger partial charge < -0.3 is 9.80 Å². The van der Waals surface area contributed by atoms with Crippen LogP contribution in [0.15, 0.2) is 0 Å². The number of hydrogen-bond donors (Lipinski definition) is 0. The summed E-state index contributed by atoms with van der Waals surface area (Å²) in [6.07, 6.45) is 4.39. The predicted octanol–water partition coefficient (Wildman–Crippen LogP) is 1.26. The third-order valence-corrected chi connectivity index (χ3v) is 3.90. The Morgan fingerprint density at radius 3 is 1.94 bits per heavy atom. The molecule has 0 bridgehead atoms. The highest BCUT2D eigenvalue weighted by atomic mass is 16.2. The van der Waals surface area contributed by atoms with E-state index in [1.54, 1.807) is 0 Å². The van der Waals surface area contributed by atoms with Crippen LogP contribution in [0.5, 0.6) is 0 Å². The lowest BCUT2D eigenvalue weighted by atomic mass is 9.99. The minimum atomic E-state index is 0.0196. The van der Waals surface area contributed by atoms with E-state index in [1.165, 1.54) is 0 Å². The smallest absolute Gasteiger partial charge is 0.232 e. The van der Waals surface area contributed by atoms with Crippen LogP contribution in [0.4, 0.5) is 0 Å². The molecule has 0 radical (unpaired) electrons. The third kappa shape index (κ3) is 3.20. The molecular formula is C13H22N2O2. The van der Waals surface area contributed by atoms with Crippen LogP contribution in [0.3, 0.4) is 0 Å². The molecule has 4 nitrogen and oxygen atoms in total. The molecule has 17 heavy (non-hydrogen) atoms. The second kappa shape index (κ2) is 5.52. The molecule has 2 heterocycles. The molecule has 0 atom stereocenters. The fourth-order valence-corrected chi connectivity index (χ4v) is 2.58. The van der Waals surface area contributed by atoms with E-state index < -0.39 is 0 Å². The monoisotopic (exact) mass is 238 g/mol. The number of carbonyl (C=O) groups is 2. The van der Waals surface area contributed by atoms with Crippen LogP contribution in [0.25, 0.3) is 0 Å². The average Bonchev–Trinajstić information content (AvgIpc) is 2.83. The van der Waals surface area contributed by atoms with Gasteiger partial charge in [0, 0.05) is 26.2 Å². The Labute approximate surface area is 103 Å². The van der Waals surface area contributed by atoms with E-state index in [4.69, 9.17) is 0 Å². The highest BCUT2D eigenvalue weighted by Gasteiger charge is 2.25. The Morgan fingerprint density at radius 2 is 1.41 bits per heavy atom. The van der Waals surface area contributed by atoms with Crippen LogP contribution in [0, 0.1) is 5.92 Å². The van der Waals surface area contributed by atoms with Gasteiger partial charge in [-0.2, -0.15) is 0 Å². The molecule has 2 aliphatic heterocycles. The summed E-state index contributed by atoms with van der Waals surface area (Å²) in [6.45, 7) is 5.55. The quantitative estimate of drug-likeness (QED) is 0.679. The Kier molecular flexibility index (Phi) is 4.02. The van der Waals surface area contributed by atoms with Crippen LogP contribution in [-0.4, -0.2) is 47.8 Å². The summed E-state index contributed by atoms with van der Waals surface area (Å²) < 4.78 is 0. The van der Waals surface area contributed by atoms with E-state index >= 15 is 0 Å². The average molecular weight is 238 g/mol. The molecule has 2 fully saturated rings. The van der Waals surface area contributed by atoms with E-state index in [0.29, 0.717) is 5.92 Å². The zero-order chi connectivity index (χ0) is 12.3. The number of rotatable bonds is 2. The van der Waals surface area contributed by atoms with Gasteiger partial charge in [-0.05, 0) is 31.6 Å². The van der Waals surface area contributed by atoms with Gasteiger partial charge in [0.15, 0.2) is 0 Å². The molecule has 96 valence electrons. The van der Waals surface area contributed by atoms with Crippen molar-refractivity contribution >= 4 is 11.8 Å². The molecule has 0 N–H and O–H groups in total. The van der Waals surface area contributed by atoms with Crippen molar-refractivity contribution in [2.75, 3.05) is 26.2 Å². The van der Waals surface area contributed by atoms with Gasteiger partial charge in [0.1, 0.15) is 6.42 Å². The number of piperidine rings is 1. The Bertz CT molecular complexity index is 290. The minimum Gasteiger partial charge on any atom is -0.342 e. The minimum absolute atomic E-state index is 0.0196. The largest absolute Gasteiger partial charge is 0.342 e. The molecule has 0 aliphatic carbocycles. The summed E-state index contributed by atoms with van der Waals surface area (Å²) in [7, 11) is 0. The predicted molar refractivity (Wildman–Crippen MR) is 65.4 cm³/mol. The molecule has 4 heteroatoms. The highest BCUT2D eigenvalue weighted by molar-refractivity contribution is 5.97. The maximum absolute atomic E-state index is 12.0. The van der Waals surface area contributed by atoms with Gasteiger partial charge in [-0.3, -0.25) is 9.59 Å². The standard InChI is InChI=1S/C13H22N2O2/c1-11-4-8-15(9-5-11)13(17)10-12(16)14-6-2-3-7-14/h11H,2-10H2,1H3. The second-order valence-corrected chi connectivity index (χ2v) is 5.33. The molecule has 0 saturated carbocycles. The summed E-state index contributed by atoms with van der Waals surface area (Å²) in [5, 5.41) is 0. The Balaban J connectivity index is 1.78. The molecule has 0 aromatic heterocycles. The van der Waals surface area contributed by atoms with Gasteiger partial charge in [0.2, 0.25) is 11.8 Å². The molecular weight excluding hydrogens is 216 g/mol. The third-order valence-electron chi connectivity index (χ3n) is 3.90. The number of likely N-dealkylation sites (tertiary alicyclic amines) is 2. The van der Waals surface area contributed by atoms with Gasteiger partial charge in [-0.1, -0.05) is 6.92 Å². The first kappa shape index (κ1) is 12.4. The molecule has 0 aromatic carbocycles. The van der Waals surface area contributed by atoms with Crippen LogP contribution in [0.2, 0.25) is 0 Å². The molecule has 0 aromatic rings. The zero-order valence-corrected chi connectivity index (χ0v) is 10.7. The highest BCUT2D eigenvalue weighted by Crippen LogP contribution is 2.17. The second-order valence-electron chi connectivity index (χ2n) is 5.33. The Morgan fingerprint density at radius 1 is 0.941 bits per heavy atom. The van der Waals surface area contributed by atoms with Crippen molar-refractivity contribution in [1.29, 1.82) is 0 Å². The van der Waals surface area contributed by atoms with Crippen molar-refractivity contribution in [3.63, 3.8) is 0 Å². The fraction of sp³-hybridized carbons (Fsp3) is 0.846. The van der Waals surface area contributed by atoms with Crippen LogP contribution >= 0.6 is 0 Å². The maximum atomic E-state index is 12.0. The summed E-state index contributed by atoms with van der Waals surface area (Å²) in [5.41, 5.74) is 0. The van der Waals surface area contributed by atoms with Gasteiger partial charge in [-0.15, -0.1) is 0 Å². The SMILES string of the molecule is CC1CCN(C(=O)CC(=O)N2CCCC2)CC1. The lowest BCUT2D eigenvalue weighted by Crippen LogP contribution is -2.41. The van der Waals surface area contributed by atoms with Gasteiger partial charge in [0.05, 0.1) is 0 Å². The first-order valence-electron chi connectivity index (χ1n) is 6.72. The molecule has 2 rings (SSSR count). The number of amides is 2. The van der Waals surface area contributed by atoms with Crippen molar-refractivity contribution in [3.05, 3.63) is 0 Å². The van der Waals surface area contributed by atoms with Gasteiger partial charge >= 0.3 is 0 Å². The van der Waals surface area contributed by atoms with Crippen molar-refractivity contribution in [2.24, 2.45) is 5.92 Å². The first-order valence-corrected chi connectivity index (χ1v) is 6.72. The van der Waals surface area contributed by atoms with Crippen LogP contribution in [-0.2, 0) is 9.59 Å². The van der Waals surface area contributed by atoms with Gasteiger partial charge in [0.25, 0.3) is 0 Å². The molecule has 2 amide bonds. The van der Waals surface area contributed by atoms with E-state index in [-0.39, 0.29) is 18.2 Å². The summed E-state index contributed by atoms with van der Waals surface area (Å²) in [6, 6.07) is 0. The number of nitrogens with zero attached hydrogens (tertiary/aromatic N) is 2. The topological polar surface area (TPSA) is 40.6 Å². The lowest BCUT2D eigenvalue weighted by Gasteiger charge is -2.30. The van der Waals surface area contributed by atoms with E-state index in [2.05, 4.69) is 6.92 Å². The molecule has 2 aliphatic rings. The Hall–Kier alpha value is -1.06. The fourth-order valence-electron chi connectivity index (χ4n) is 2.58. The molecule has 0 spiro atoms. The molecule has 2 saturated heterocycles. The first-order chi connectivity index (χ1) is 8.16. The van der Waals surface area contributed by atoms with Gasteiger partial charge in [-0.25, -0.2) is 0 Å². The molecule has 0 unspecified atom stereocenters. The van der Waals surface area contributed by atoms with Crippen molar-refractivity contribution in [3.8, 4) is 0 Å². The van der Waals surface area contributed by atoms with Crippen LogP contribution in [0.1, 0.15) is 39.0 Å². The summed E-state index contributed by atoms with van der Waals surface area (Å²) in [4.78, 5) is 27.5. The zero-order valence-electron chi connectivity index (χ0n) is 10.7. The van der Waals surface area contributed by atoms with Crippen molar-refractivity contribution in [2.45, 2.75) is 39.0 Å². The van der Waals surface area contributed by atoms with E-state index in [0.717, 1.165) is 51.9 Å². The van der Waals surface area contributed by atoms with Crippen molar-refractivity contribution < 1.29 is 9.59 Å². The van der Waals surface area contributed by atoms with E-state index in [9.17, 15) is 9.59 Å². The van der Waals surface area contributed by atoms with Crippen LogP contribution < -0.4 is 0 Å². The summed E-state index contributed by atoms with van der Waals surface area (Å²) in [5.74, 6) is 0.758. The number of hydrogen-bond acceptors (Lipinski definition) is 2. The van der Waals surface area contributed by atoms with E-state index in [1.807, 2.05) is 9.80 Å². The lowest BCUT2D eigenvalue weighted by molar-refractivity contribution is -0.140. The number of carbonyl (C=O) groups excluding carboxylic acids is 2.